The highest BCUT2D eigenvalue weighted by Gasteiger charge is 2.26. The van der Waals surface area contributed by atoms with E-state index >= 15 is 0 Å². The monoisotopic (exact) mass is 931 g/mol. The van der Waals surface area contributed by atoms with Crippen LogP contribution in [0, 0.1) is 11.8 Å². The Morgan fingerprint density at radius 1 is 0.470 bits per heavy atom. The lowest BCUT2D eigenvalue weighted by atomic mass is 9.96. The lowest BCUT2D eigenvalue weighted by Crippen LogP contribution is -2.36. The first-order valence-electron chi connectivity index (χ1n) is 27.8. The molecule has 386 valence electrons. The Hall–Kier alpha value is -2.00. The molecular weight excluding hydrogens is 825 g/mol. The van der Waals surface area contributed by atoms with Crippen molar-refractivity contribution in [3.63, 3.8) is 0 Å². The predicted octanol–water partition coefficient (Wildman–Crippen LogP) is 15.9. The first-order chi connectivity index (χ1) is 31.9. The third-order valence-corrected chi connectivity index (χ3v) is 12.9. The third-order valence-electron chi connectivity index (χ3n) is 12.9. The van der Waals surface area contributed by atoms with Gasteiger partial charge >= 0.3 is 11.9 Å². The molecular formula is C58H106O8. The normalized spacial score (nSPS) is 13.0. The van der Waals surface area contributed by atoms with Crippen LogP contribution in [0.15, 0.2) is 30.3 Å². The van der Waals surface area contributed by atoms with Crippen molar-refractivity contribution < 1.29 is 38.0 Å². The van der Waals surface area contributed by atoms with E-state index in [4.69, 9.17) is 28.4 Å². The molecule has 1 rings (SSSR count). The maximum atomic E-state index is 12.5. The molecule has 0 spiro atoms. The molecule has 0 radical (unpaired) electrons. The van der Waals surface area contributed by atoms with Crippen molar-refractivity contribution in [1.29, 1.82) is 0 Å². The number of esters is 2. The molecule has 66 heavy (non-hydrogen) atoms. The van der Waals surface area contributed by atoms with Crippen molar-refractivity contribution >= 4 is 11.9 Å². The summed E-state index contributed by atoms with van der Waals surface area (Å²) in [5.41, 5.74) is 0.594. The minimum absolute atomic E-state index is 0.0302. The molecule has 0 saturated carbocycles. The quantitative estimate of drug-likeness (QED) is 0.0472. The van der Waals surface area contributed by atoms with Gasteiger partial charge in [0.25, 0.3) is 0 Å². The molecule has 2 atom stereocenters. The minimum Gasteiger partial charge on any atom is -0.465 e. The lowest BCUT2D eigenvalue weighted by molar-refractivity contribution is -0.146. The molecule has 0 N–H and O–H groups in total. The van der Waals surface area contributed by atoms with E-state index in [-0.39, 0.29) is 23.6 Å². The first-order valence-corrected chi connectivity index (χ1v) is 27.8. The van der Waals surface area contributed by atoms with Crippen LogP contribution in [0.5, 0.6) is 0 Å². The molecule has 1 aromatic carbocycles. The summed E-state index contributed by atoms with van der Waals surface area (Å²) in [6, 6.07) is 10.5. The van der Waals surface area contributed by atoms with Gasteiger partial charge in [-0.1, -0.05) is 174 Å². The highest BCUT2D eigenvalue weighted by Crippen LogP contribution is 2.23. The predicted molar refractivity (Wildman–Crippen MR) is 276 cm³/mol. The van der Waals surface area contributed by atoms with E-state index in [9.17, 15) is 9.59 Å². The number of carbonyl (C=O) groups excluding carboxylic acids is 2. The van der Waals surface area contributed by atoms with Crippen LogP contribution >= 0.6 is 0 Å². The summed E-state index contributed by atoms with van der Waals surface area (Å²) in [5.74, 6) is 0.964. The number of benzene rings is 1. The van der Waals surface area contributed by atoms with E-state index in [0.717, 1.165) is 77.0 Å². The maximum Gasteiger partial charge on any atom is 0.305 e. The summed E-state index contributed by atoms with van der Waals surface area (Å²) < 4.78 is 36.9. The van der Waals surface area contributed by atoms with Gasteiger partial charge in [-0.25, -0.2) is 0 Å². The molecule has 0 fully saturated rings. The maximum absolute atomic E-state index is 12.5. The van der Waals surface area contributed by atoms with Gasteiger partial charge in [0.05, 0.1) is 50.3 Å². The molecule has 0 aliphatic carbocycles. The molecule has 1 aromatic rings. The molecule has 8 heteroatoms. The summed E-state index contributed by atoms with van der Waals surface area (Å²) in [5, 5.41) is 0. The Bertz CT molecular complexity index is 1220. The van der Waals surface area contributed by atoms with Crippen LogP contribution in [0.4, 0.5) is 0 Å². The van der Waals surface area contributed by atoms with Gasteiger partial charge in [0, 0.05) is 38.9 Å². The summed E-state index contributed by atoms with van der Waals surface area (Å²) in [4.78, 5) is 25.0. The molecule has 0 saturated heterocycles. The second-order valence-electron chi connectivity index (χ2n) is 20.8. The second kappa shape index (κ2) is 41.9. The smallest absolute Gasteiger partial charge is 0.305 e. The largest absolute Gasteiger partial charge is 0.465 e. The molecule has 0 amide bonds. The number of hydrogen-bond acceptors (Lipinski definition) is 8. The number of rotatable bonds is 48. The van der Waals surface area contributed by atoms with Crippen LogP contribution in [-0.2, 0) is 44.4 Å². The summed E-state index contributed by atoms with van der Waals surface area (Å²) in [7, 11) is 0. The number of ether oxygens (including phenoxy) is 6. The van der Waals surface area contributed by atoms with Crippen LogP contribution in [0.1, 0.15) is 247 Å². The van der Waals surface area contributed by atoms with E-state index in [1.165, 1.54) is 108 Å². The zero-order valence-electron chi connectivity index (χ0n) is 44.5. The Balaban J connectivity index is 2.46. The van der Waals surface area contributed by atoms with Crippen LogP contribution in [0.3, 0.4) is 0 Å². The van der Waals surface area contributed by atoms with Crippen LogP contribution < -0.4 is 0 Å². The first kappa shape index (κ1) is 62.0. The van der Waals surface area contributed by atoms with Crippen molar-refractivity contribution in [2.24, 2.45) is 11.8 Å². The van der Waals surface area contributed by atoms with Gasteiger partial charge < -0.3 is 28.4 Å². The van der Waals surface area contributed by atoms with Gasteiger partial charge in [-0.05, 0) is 96.5 Å². The average molecular weight is 931 g/mol. The van der Waals surface area contributed by atoms with E-state index in [0.29, 0.717) is 70.9 Å². The lowest BCUT2D eigenvalue weighted by Gasteiger charge is -2.31. The van der Waals surface area contributed by atoms with Gasteiger partial charge in [-0.3, -0.25) is 9.59 Å². The number of carbonyl (C=O) groups is 2. The van der Waals surface area contributed by atoms with Crippen molar-refractivity contribution in [2.45, 2.75) is 265 Å². The van der Waals surface area contributed by atoms with Crippen molar-refractivity contribution in [2.75, 3.05) is 46.2 Å². The van der Waals surface area contributed by atoms with Crippen molar-refractivity contribution in [3.05, 3.63) is 35.9 Å². The molecule has 0 heterocycles. The highest BCUT2D eigenvalue weighted by molar-refractivity contribution is 5.69. The number of unbranched alkanes of at least 4 members (excludes halogenated alkanes) is 16. The second-order valence-corrected chi connectivity index (χ2v) is 20.8. The zero-order chi connectivity index (χ0) is 48.4. The summed E-state index contributed by atoms with van der Waals surface area (Å²) in [6.45, 7) is 21.7. The summed E-state index contributed by atoms with van der Waals surface area (Å²) >= 11 is 0. The van der Waals surface area contributed by atoms with Crippen LogP contribution in [0.25, 0.3) is 0 Å². The standard InChI is InChI=1S/C58H106O8/c1-9-13-17-27-39-52(34-16-12-4)48-63-55(59)40-30-20-18-22-32-42-61-50-54(47-58(7,8)66-45-44-65-57(5,6)46-51-35-28-24-29-36-51)62-43-33-23-19-21-31-41-56(60)64-49-53(37-25-14-10-2)38-26-15-11-3/h24,28-29,35-36,52-54H,9-23,25-27,30-34,37-50H2,1-8H3. The van der Waals surface area contributed by atoms with Gasteiger partial charge in [0.2, 0.25) is 0 Å². The fourth-order valence-corrected chi connectivity index (χ4v) is 8.82. The van der Waals surface area contributed by atoms with Gasteiger partial charge in [0.15, 0.2) is 0 Å². The molecule has 0 aliphatic heterocycles. The van der Waals surface area contributed by atoms with E-state index in [1.807, 2.05) is 6.07 Å². The zero-order valence-corrected chi connectivity index (χ0v) is 44.5. The Labute approximate surface area is 407 Å². The van der Waals surface area contributed by atoms with Crippen molar-refractivity contribution in [1.82, 2.24) is 0 Å². The fourth-order valence-electron chi connectivity index (χ4n) is 8.82. The molecule has 0 bridgehead atoms. The SMILES string of the molecule is CCCCCCC(CCCC)COC(=O)CCCCCCCOCC(CC(C)(C)OCCOC(C)(C)Cc1ccccc1)OCCCCCCCC(=O)OCC(CCCCC)CCCCC. The Morgan fingerprint density at radius 2 is 0.909 bits per heavy atom. The Kier molecular flexibility index (Phi) is 39.4. The number of hydrogen-bond donors (Lipinski definition) is 0. The highest BCUT2D eigenvalue weighted by atomic mass is 16.6. The van der Waals surface area contributed by atoms with Gasteiger partial charge in [0.1, 0.15) is 0 Å². The van der Waals surface area contributed by atoms with E-state index < -0.39 is 5.60 Å². The van der Waals surface area contributed by atoms with E-state index in [2.05, 4.69) is 79.7 Å². The van der Waals surface area contributed by atoms with E-state index in [1.54, 1.807) is 0 Å². The molecule has 0 aliphatic rings. The molecule has 8 nitrogen and oxygen atoms in total. The van der Waals surface area contributed by atoms with Crippen molar-refractivity contribution in [3.8, 4) is 0 Å². The molecule has 0 aromatic heterocycles. The topological polar surface area (TPSA) is 89.5 Å². The average Bonchev–Trinajstić information content (AvgIpc) is 3.29. The van der Waals surface area contributed by atoms with Gasteiger partial charge in [-0.2, -0.15) is 0 Å². The van der Waals surface area contributed by atoms with Crippen LogP contribution in [-0.4, -0.2) is 75.5 Å². The summed E-state index contributed by atoms with van der Waals surface area (Å²) in [6.07, 6.45) is 32.4. The minimum atomic E-state index is -0.396. The van der Waals surface area contributed by atoms with Gasteiger partial charge in [-0.15, -0.1) is 0 Å². The molecule has 2 unspecified atom stereocenters. The third kappa shape index (κ3) is 37.9. The van der Waals surface area contributed by atoms with Crippen LogP contribution in [0.2, 0.25) is 0 Å². The Morgan fingerprint density at radius 3 is 1.45 bits per heavy atom. The fraction of sp³-hybridized carbons (Fsp3) is 0.862.